The van der Waals surface area contributed by atoms with Crippen LogP contribution in [0.1, 0.15) is 5.56 Å². The molecule has 1 aromatic heterocycles. The van der Waals surface area contributed by atoms with Crippen LogP contribution in [0.3, 0.4) is 0 Å². The van der Waals surface area contributed by atoms with Crippen LogP contribution in [-0.4, -0.2) is 25.4 Å². The number of para-hydroxylation sites is 1. The summed E-state index contributed by atoms with van der Waals surface area (Å²) in [5, 5.41) is 1.61. The lowest BCUT2D eigenvalue weighted by Gasteiger charge is -2.08. The fourth-order valence-corrected chi connectivity index (χ4v) is 2.52. The molecule has 0 aliphatic carbocycles. The van der Waals surface area contributed by atoms with Gasteiger partial charge in [-0.05, 0) is 6.07 Å². The molecule has 0 saturated heterocycles. The van der Waals surface area contributed by atoms with Crippen LogP contribution < -0.4 is 9.47 Å². The van der Waals surface area contributed by atoms with Gasteiger partial charge >= 0.3 is 0 Å². The molecule has 0 saturated carbocycles. The van der Waals surface area contributed by atoms with E-state index in [4.69, 9.17) is 21.1 Å². The van der Waals surface area contributed by atoms with E-state index < -0.39 is 0 Å². The first-order valence-electron chi connectivity index (χ1n) is 6.74. The number of rotatable bonds is 4. The lowest BCUT2D eigenvalue weighted by Crippen LogP contribution is -1.88. The van der Waals surface area contributed by atoms with Crippen LogP contribution in [0, 0.1) is 0 Å². The highest BCUT2D eigenvalue weighted by Crippen LogP contribution is 2.37. The summed E-state index contributed by atoms with van der Waals surface area (Å²) in [6.07, 6.45) is 3.72. The molecule has 112 valence electrons. The number of methoxy groups -OCH3 is 2. The molecule has 3 rings (SSSR count). The third kappa shape index (κ3) is 2.65. The van der Waals surface area contributed by atoms with E-state index in [0.29, 0.717) is 22.2 Å². The summed E-state index contributed by atoms with van der Waals surface area (Å²) in [4.78, 5) is 7.73. The van der Waals surface area contributed by atoms with Crippen molar-refractivity contribution in [2.45, 2.75) is 0 Å². The summed E-state index contributed by atoms with van der Waals surface area (Å²) in [6, 6.07) is 11.5. The minimum absolute atomic E-state index is 0.491. The third-order valence-corrected chi connectivity index (χ3v) is 3.71. The number of fused-ring (bicyclic) bond motifs is 1. The van der Waals surface area contributed by atoms with Gasteiger partial charge in [0.2, 0.25) is 0 Å². The Hall–Kier alpha value is -2.46. The van der Waals surface area contributed by atoms with Gasteiger partial charge in [0.1, 0.15) is 17.2 Å². The second-order valence-corrected chi connectivity index (χ2v) is 5.11. The first kappa shape index (κ1) is 14.5. The number of benzene rings is 2. The highest BCUT2D eigenvalue weighted by atomic mass is 35.5. The van der Waals surface area contributed by atoms with E-state index in [1.807, 2.05) is 30.5 Å². The fraction of sp³-hybridized carbons (Fsp3) is 0.118. The molecular weight excluding hydrogens is 300 g/mol. The van der Waals surface area contributed by atoms with E-state index in [9.17, 15) is 0 Å². The van der Waals surface area contributed by atoms with Gasteiger partial charge in [-0.2, -0.15) is 0 Å². The van der Waals surface area contributed by atoms with E-state index in [1.165, 1.54) is 0 Å². The average molecular weight is 315 g/mol. The molecule has 0 atom stereocenters. The van der Waals surface area contributed by atoms with Gasteiger partial charge in [0.05, 0.1) is 19.2 Å². The molecule has 0 unspecified atom stereocenters. The highest BCUT2D eigenvalue weighted by Gasteiger charge is 2.09. The standard InChI is InChI=1S/C17H15ClN2O2/c1-21-16-8-15(17(22-2)7-13(16)18)20-10-11-9-19-14-6-4-3-5-12(11)14/h3-10,19H,1-2H3. The molecule has 3 aromatic rings. The zero-order valence-corrected chi connectivity index (χ0v) is 13.0. The predicted octanol–water partition coefficient (Wildman–Crippen LogP) is 4.59. The molecule has 0 aliphatic rings. The summed E-state index contributed by atoms with van der Waals surface area (Å²) in [5.41, 5.74) is 2.74. The zero-order valence-electron chi connectivity index (χ0n) is 12.3. The predicted molar refractivity (Wildman–Crippen MR) is 90.1 cm³/mol. The summed E-state index contributed by atoms with van der Waals surface area (Å²) in [6.45, 7) is 0. The molecular formula is C17H15ClN2O2. The van der Waals surface area contributed by atoms with Gasteiger partial charge in [-0.25, -0.2) is 0 Å². The van der Waals surface area contributed by atoms with Crippen molar-refractivity contribution < 1.29 is 9.47 Å². The number of H-pyrrole nitrogens is 1. The number of aliphatic imine (C=N–C) groups is 1. The van der Waals surface area contributed by atoms with Crippen molar-refractivity contribution in [2.75, 3.05) is 14.2 Å². The van der Waals surface area contributed by atoms with Crippen molar-refractivity contribution >= 4 is 34.4 Å². The third-order valence-electron chi connectivity index (χ3n) is 3.42. The van der Waals surface area contributed by atoms with E-state index in [-0.39, 0.29) is 0 Å². The number of ether oxygens (including phenoxy) is 2. The van der Waals surface area contributed by atoms with Crippen LogP contribution in [0.4, 0.5) is 5.69 Å². The van der Waals surface area contributed by atoms with Crippen molar-refractivity contribution in [3.05, 3.63) is 53.2 Å². The number of hydrogen-bond donors (Lipinski definition) is 1. The summed E-state index contributed by atoms with van der Waals surface area (Å²) < 4.78 is 10.5. The van der Waals surface area contributed by atoms with Crippen LogP contribution >= 0.6 is 11.6 Å². The van der Waals surface area contributed by atoms with Gasteiger partial charge in [0, 0.05) is 41.0 Å². The number of hydrogen-bond acceptors (Lipinski definition) is 3. The topological polar surface area (TPSA) is 46.6 Å². The molecule has 22 heavy (non-hydrogen) atoms. The normalized spacial score (nSPS) is 11.2. The Balaban J connectivity index is 2.01. The fourth-order valence-electron chi connectivity index (χ4n) is 2.29. The van der Waals surface area contributed by atoms with Crippen LogP contribution in [0.15, 0.2) is 47.6 Å². The number of halogens is 1. The Morgan fingerprint density at radius 2 is 1.86 bits per heavy atom. The van der Waals surface area contributed by atoms with Crippen LogP contribution in [0.2, 0.25) is 5.02 Å². The summed E-state index contributed by atoms with van der Waals surface area (Å²) in [5.74, 6) is 1.16. The number of aromatic amines is 1. The molecule has 0 bridgehead atoms. The number of nitrogens with one attached hydrogen (secondary N) is 1. The number of nitrogens with zero attached hydrogens (tertiary/aromatic N) is 1. The van der Waals surface area contributed by atoms with Crippen LogP contribution in [0.5, 0.6) is 11.5 Å². The Morgan fingerprint density at radius 1 is 1.09 bits per heavy atom. The van der Waals surface area contributed by atoms with Gasteiger partial charge in [0.25, 0.3) is 0 Å². The molecule has 0 radical (unpaired) electrons. The van der Waals surface area contributed by atoms with E-state index in [1.54, 1.807) is 32.6 Å². The molecule has 2 aromatic carbocycles. The van der Waals surface area contributed by atoms with E-state index in [0.717, 1.165) is 16.5 Å². The minimum atomic E-state index is 0.491. The summed E-state index contributed by atoms with van der Waals surface area (Å²) >= 11 is 6.10. The van der Waals surface area contributed by atoms with E-state index >= 15 is 0 Å². The van der Waals surface area contributed by atoms with Crippen molar-refractivity contribution in [1.82, 2.24) is 4.98 Å². The smallest absolute Gasteiger partial charge is 0.146 e. The van der Waals surface area contributed by atoms with Crippen LogP contribution in [0.25, 0.3) is 10.9 Å². The van der Waals surface area contributed by atoms with Crippen molar-refractivity contribution in [3.63, 3.8) is 0 Å². The second kappa shape index (κ2) is 6.12. The molecule has 0 fully saturated rings. The van der Waals surface area contributed by atoms with Crippen LogP contribution in [-0.2, 0) is 0 Å². The van der Waals surface area contributed by atoms with Gasteiger partial charge in [0.15, 0.2) is 0 Å². The second-order valence-electron chi connectivity index (χ2n) is 4.71. The molecule has 5 heteroatoms. The van der Waals surface area contributed by atoms with Crippen molar-refractivity contribution in [3.8, 4) is 11.5 Å². The van der Waals surface area contributed by atoms with Crippen molar-refractivity contribution in [2.24, 2.45) is 4.99 Å². The molecule has 1 N–H and O–H groups in total. The van der Waals surface area contributed by atoms with Gasteiger partial charge < -0.3 is 14.5 Å². The maximum absolute atomic E-state index is 6.10. The van der Waals surface area contributed by atoms with Crippen molar-refractivity contribution in [1.29, 1.82) is 0 Å². The number of aromatic nitrogens is 1. The minimum Gasteiger partial charge on any atom is -0.495 e. The maximum Gasteiger partial charge on any atom is 0.146 e. The Bertz CT molecular complexity index is 840. The van der Waals surface area contributed by atoms with Gasteiger partial charge in [-0.1, -0.05) is 29.8 Å². The SMILES string of the molecule is COc1cc(N=Cc2c[nH]c3ccccc23)c(OC)cc1Cl. The largest absolute Gasteiger partial charge is 0.495 e. The molecule has 1 heterocycles. The molecule has 0 amide bonds. The molecule has 4 nitrogen and oxygen atoms in total. The van der Waals surface area contributed by atoms with E-state index in [2.05, 4.69) is 9.98 Å². The lowest BCUT2D eigenvalue weighted by atomic mass is 10.2. The van der Waals surface area contributed by atoms with Gasteiger partial charge in [-0.3, -0.25) is 4.99 Å². The summed E-state index contributed by atoms with van der Waals surface area (Å²) in [7, 11) is 3.16. The Labute approximate surface area is 133 Å². The Morgan fingerprint density at radius 3 is 2.64 bits per heavy atom. The first-order valence-corrected chi connectivity index (χ1v) is 7.12. The average Bonchev–Trinajstić information content (AvgIpc) is 2.96. The zero-order chi connectivity index (χ0) is 15.5. The Kier molecular flexibility index (Phi) is 4.02. The lowest BCUT2D eigenvalue weighted by molar-refractivity contribution is 0.404. The molecule has 0 aliphatic heterocycles. The van der Waals surface area contributed by atoms with Gasteiger partial charge in [-0.15, -0.1) is 0 Å². The quantitative estimate of drug-likeness (QED) is 0.716. The first-order chi connectivity index (χ1) is 10.7. The highest BCUT2D eigenvalue weighted by molar-refractivity contribution is 6.32. The monoisotopic (exact) mass is 314 g/mol. The maximum atomic E-state index is 6.10. The molecule has 0 spiro atoms.